The normalized spacial score (nSPS) is 19.9. The van der Waals surface area contributed by atoms with E-state index in [9.17, 15) is 9.59 Å². The van der Waals surface area contributed by atoms with Gasteiger partial charge in [0, 0.05) is 27.9 Å². The van der Waals surface area contributed by atoms with E-state index >= 15 is 0 Å². The number of anilines is 2. The van der Waals surface area contributed by atoms with Gasteiger partial charge in [0.1, 0.15) is 5.78 Å². The van der Waals surface area contributed by atoms with Crippen molar-refractivity contribution in [3.8, 4) is 6.07 Å². The Morgan fingerprint density at radius 1 is 1.11 bits per heavy atom. The van der Waals surface area contributed by atoms with Crippen molar-refractivity contribution in [2.24, 2.45) is 16.3 Å². The first-order valence-corrected chi connectivity index (χ1v) is 13.1. The smallest absolute Gasteiger partial charge is 0.308 e. The quantitative estimate of drug-likeness (QED) is 0.363. The molecule has 0 radical (unpaired) electrons. The molecule has 0 bridgehead atoms. The number of aliphatic imine (C=N–C) groups is 1. The van der Waals surface area contributed by atoms with Crippen LogP contribution in [0, 0.1) is 22.7 Å². The summed E-state index contributed by atoms with van der Waals surface area (Å²) in [6.07, 6.45) is 1.27. The van der Waals surface area contributed by atoms with Crippen LogP contribution in [0.15, 0.2) is 71.7 Å². The number of hydrogen-bond acceptors (Lipinski definition) is 4. The van der Waals surface area contributed by atoms with Crippen molar-refractivity contribution in [1.82, 2.24) is 0 Å². The Kier molecular flexibility index (Phi) is 7.00. The molecule has 2 aliphatic rings. The Balaban J connectivity index is 1.66. The van der Waals surface area contributed by atoms with Crippen molar-refractivity contribution < 1.29 is 9.59 Å². The molecule has 1 fully saturated rings. The van der Waals surface area contributed by atoms with Gasteiger partial charge < -0.3 is 5.32 Å². The number of para-hydroxylation sites is 2. The van der Waals surface area contributed by atoms with Gasteiger partial charge in [-0.2, -0.15) is 5.26 Å². The molecule has 1 N–H and O–H groups in total. The Bertz CT molecular complexity index is 1490. The molecule has 2 atom stereocenters. The minimum atomic E-state index is -0.733. The number of nitrogens with one attached hydrogen (secondary N) is 1. The summed E-state index contributed by atoms with van der Waals surface area (Å²) in [7, 11) is 0. The number of rotatable bonds is 3. The Morgan fingerprint density at radius 2 is 1.84 bits per heavy atom. The minimum Gasteiger partial charge on any atom is -0.308 e. The summed E-state index contributed by atoms with van der Waals surface area (Å²) in [4.78, 5) is 34.5. The van der Waals surface area contributed by atoms with Crippen molar-refractivity contribution >= 4 is 57.8 Å². The SMILES string of the molecule is CC1(C)CC(=O)C2C(=Nc3ccccc3N(C(=O)Nc3ccc(CC#N)cc3)C2c2ccc(Cl)cc2Cl)C1. The third kappa shape index (κ3) is 5.05. The van der Waals surface area contributed by atoms with Crippen molar-refractivity contribution in [2.75, 3.05) is 10.2 Å². The molecular formula is C30H26Cl2N4O2. The number of ketones is 1. The van der Waals surface area contributed by atoms with Gasteiger partial charge >= 0.3 is 6.03 Å². The van der Waals surface area contributed by atoms with Gasteiger partial charge in [-0.05, 0) is 59.4 Å². The van der Waals surface area contributed by atoms with E-state index in [4.69, 9.17) is 33.5 Å². The first kappa shape index (κ1) is 26.0. The second-order valence-electron chi connectivity index (χ2n) is 10.5. The van der Waals surface area contributed by atoms with Gasteiger partial charge in [0.15, 0.2) is 0 Å². The molecule has 5 rings (SSSR count). The van der Waals surface area contributed by atoms with Crippen LogP contribution in [0.5, 0.6) is 0 Å². The molecule has 3 aromatic rings. The summed E-state index contributed by atoms with van der Waals surface area (Å²) in [6.45, 7) is 4.12. The van der Waals surface area contributed by atoms with E-state index in [0.29, 0.717) is 45.5 Å². The molecule has 6 nitrogen and oxygen atoms in total. The molecule has 0 aromatic heterocycles. The van der Waals surface area contributed by atoms with Crippen LogP contribution < -0.4 is 10.2 Å². The zero-order chi connectivity index (χ0) is 27.0. The number of Topliss-reactive ketones (excluding diaryl/α,β-unsaturated/α-hetero) is 1. The van der Waals surface area contributed by atoms with Gasteiger partial charge in [-0.15, -0.1) is 0 Å². The number of fused-ring (bicyclic) bond motifs is 2. The van der Waals surface area contributed by atoms with Gasteiger partial charge in [0.2, 0.25) is 0 Å². The van der Waals surface area contributed by atoms with E-state index in [2.05, 4.69) is 25.2 Å². The third-order valence-electron chi connectivity index (χ3n) is 7.01. The summed E-state index contributed by atoms with van der Waals surface area (Å²) in [5.74, 6) is -0.652. The number of amides is 2. The molecule has 1 heterocycles. The topological polar surface area (TPSA) is 85.6 Å². The highest BCUT2D eigenvalue weighted by Crippen LogP contribution is 2.49. The Morgan fingerprint density at radius 3 is 2.55 bits per heavy atom. The summed E-state index contributed by atoms with van der Waals surface area (Å²) in [5, 5.41) is 12.8. The van der Waals surface area contributed by atoms with E-state index in [1.54, 1.807) is 47.4 Å². The maximum atomic E-state index is 14.1. The predicted molar refractivity (Wildman–Crippen MR) is 152 cm³/mol. The summed E-state index contributed by atoms with van der Waals surface area (Å²) in [6, 6.07) is 20.6. The number of halogens is 2. The molecular weight excluding hydrogens is 519 g/mol. The van der Waals surface area contributed by atoms with E-state index in [0.717, 1.165) is 11.3 Å². The van der Waals surface area contributed by atoms with Crippen molar-refractivity contribution in [1.29, 1.82) is 5.26 Å². The number of hydrogen-bond donors (Lipinski definition) is 1. The van der Waals surface area contributed by atoms with E-state index < -0.39 is 18.0 Å². The predicted octanol–water partition coefficient (Wildman–Crippen LogP) is 7.93. The average Bonchev–Trinajstić information content (AvgIpc) is 2.99. The number of carbonyl (C=O) groups excluding carboxylic acids is 2. The molecule has 2 amide bonds. The second-order valence-corrected chi connectivity index (χ2v) is 11.3. The van der Waals surface area contributed by atoms with Gasteiger partial charge in [0.05, 0.1) is 35.8 Å². The molecule has 1 aliphatic carbocycles. The van der Waals surface area contributed by atoms with Crippen LogP contribution in [0.4, 0.5) is 21.9 Å². The summed E-state index contributed by atoms with van der Waals surface area (Å²) in [5.41, 5.74) is 3.73. The third-order valence-corrected chi connectivity index (χ3v) is 7.57. The number of benzene rings is 3. The van der Waals surface area contributed by atoms with Crippen LogP contribution in [0.1, 0.15) is 43.9 Å². The van der Waals surface area contributed by atoms with Crippen LogP contribution in [-0.2, 0) is 11.2 Å². The minimum absolute atomic E-state index is 0.0162. The standard InChI is InChI=1S/C30H26Cl2N4O2/c1-30(2)16-24-27(26(37)17-30)28(21-12-9-19(31)15-22(21)32)36(25-6-4-3-5-23(25)35-24)29(38)34-20-10-7-18(8-11-20)13-14-33/h3-12,15,27-28H,13,16-17H2,1-2H3,(H,34,38). The zero-order valence-corrected chi connectivity index (χ0v) is 22.6. The molecule has 38 heavy (non-hydrogen) atoms. The van der Waals surface area contributed by atoms with Gasteiger partial charge in [-0.3, -0.25) is 14.7 Å². The Hall–Kier alpha value is -3.66. The molecule has 8 heteroatoms. The fourth-order valence-electron chi connectivity index (χ4n) is 5.39. The second kappa shape index (κ2) is 10.2. The van der Waals surface area contributed by atoms with Crippen LogP contribution in [0.2, 0.25) is 10.0 Å². The first-order chi connectivity index (χ1) is 18.2. The lowest BCUT2D eigenvalue weighted by atomic mass is 9.68. The monoisotopic (exact) mass is 544 g/mol. The van der Waals surface area contributed by atoms with Crippen LogP contribution in [0.25, 0.3) is 0 Å². The fourth-order valence-corrected chi connectivity index (χ4v) is 5.91. The highest BCUT2D eigenvalue weighted by molar-refractivity contribution is 6.35. The zero-order valence-electron chi connectivity index (χ0n) is 21.0. The Labute approximate surface area is 231 Å². The summed E-state index contributed by atoms with van der Waals surface area (Å²) >= 11 is 13.0. The molecule has 0 spiro atoms. The molecule has 1 aliphatic heterocycles. The molecule has 2 unspecified atom stereocenters. The van der Waals surface area contributed by atoms with Gasteiger partial charge in [-0.1, -0.05) is 67.4 Å². The number of carbonyl (C=O) groups is 2. The van der Waals surface area contributed by atoms with Gasteiger partial charge in [-0.25, -0.2) is 4.79 Å². The highest BCUT2D eigenvalue weighted by atomic mass is 35.5. The van der Waals surface area contributed by atoms with Crippen LogP contribution >= 0.6 is 23.2 Å². The van der Waals surface area contributed by atoms with Gasteiger partial charge in [0.25, 0.3) is 0 Å². The summed E-state index contributed by atoms with van der Waals surface area (Å²) < 4.78 is 0. The van der Waals surface area contributed by atoms with E-state index in [1.807, 2.05) is 24.3 Å². The lowest BCUT2D eigenvalue weighted by Gasteiger charge is -2.41. The largest absolute Gasteiger partial charge is 0.327 e. The van der Waals surface area contributed by atoms with Crippen LogP contribution in [-0.4, -0.2) is 17.5 Å². The lowest BCUT2D eigenvalue weighted by molar-refractivity contribution is -0.124. The van der Waals surface area contributed by atoms with E-state index in [1.165, 1.54) is 0 Å². The highest BCUT2D eigenvalue weighted by Gasteiger charge is 2.48. The maximum absolute atomic E-state index is 14.1. The van der Waals surface area contributed by atoms with Crippen molar-refractivity contribution in [3.63, 3.8) is 0 Å². The maximum Gasteiger partial charge on any atom is 0.327 e. The molecule has 0 saturated heterocycles. The van der Waals surface area contributed by atoms with Crippen molar-refractivity contribution in [3.05, 3.63) is 87.9 Å². The van der Waals surface area contributed by atoms with Crippen LogP contribution in [0.3, 0.4) is 0 Å². The fraction of sp³-hybridized carbons (Fsp3) is 0.267. The van der Waals surface area contributed by atoms with Crippen molar-refractivity contribution in [2.45, 2.75) is 39.2 Å². The molecule has 1 saturated carbocycles. The average molecular weight is 545 g/mol. The molecule has 3 aromatic carbocycles. The number of nitriles is 1. The molecule has 192 valence electrons. The lowest BCUT2D eigenvalue weighted by Crippen LogP contribution is -2.48. The first-order valence-electron chi connectivity index (χ1n) is 12.4. The van der Waals surface area contributed by atoms with E-state index in [-0.39, 0.29) is 17.6 Å². The number of nitrogens with zero attached hydrogens (tertiary/aromatic N) is 3. The number of urea groups is 1.